The maximum Gasteiger partial charge on any atom is 0.229 e. The summed E-state index contributed by atoms with van der Waals surface area (Å²) >= 11 is 6.70. The van der Waals surface area contributed by atoms with Crippen LogP contribution in [0.1, 0.15) is 12.8 Å². The molecule has 5 aromatic rings. The summed E-state index contributed by atoms with van der Waals surface area (Å²) in [4.78, 5) is 25.7. The highest BCUT2D eigenvalue weighted by Gasteiger charge is 2.35. The molecule has 208 valence electrons. The second kappa shape index (κ2) is 10.1. The third kappa shape index (κ3) is 4.42. The van der Waals surface area contributed by atoms with Crippen molar-refractivity contribution < 1.29 is 14.3 Å². The summed E-state index contributed by atoms with van der Waals surface area (Å²) in [7, 11) is 3.15. The number of pyridine rings is 1. The predicted molar refractivity (Wildman–Crippen MR) is 156 cm³/mol. The highest BCUT2D eigenvalue weighted by Crippen LogP contribution is 2.41. The molecule has 2 aromatic carbocycles. The monoisotopic (exact) mass is 570 g/mol. The van der Waals surface area contributed by atoms with Gasteiger partial charge in [-0.25, -0.2) is 4.98 Å². The van der Waals surface area contributed by atoms with Crippen LogP contribution < -0.4 is 19.7 Å². The lowest BCUT2D eigenvalue weighted by Gasteiger charge is -2.38. The summed E-state index contributed by atoms with van der Waals surface area (Å²) in [5.74, 6) is 1.84. The summed E-state index contributed by atoms with van der Waals surface area (Å²) in [5.41, 5.74) is 4.70. The van der Waals surface area contributed by atoms with Gasteiger partial charge in [0.15, 0.2) is 11.3 Å². The van der Waals surface area contributed by atoms with E-state index in [4.69, 9.17) is 26.1 Å². The van der Waals surface area contributed by atoms with Crippen LogP contribution in [0.4, 0.5) is 17.3 Å². The first-order valence-electron chi connectivity index (χ1n) is 13.4. The first-order valence-corrected chi connectivity index (χ1v) is 13.7. The van der Waals surface area contributed by atoms with Gasteiger partial charge in [0.05, 0.1) is 19.2 Å². The van der Waals surface area contributed by atoms with E-state index in [1.807, 2.05) is 33.6 Å². The normalized spacial score (nSPS) is 16.9. The number of halogens is 1. The van der Waals surface area contributed by atoms with Crippen molar-refractivity contribution in [3.05, 3.63) is 60.0 Å². The fourth-order valence-electron chi connectivity index (χ4n) is 5.75. The number of anilines is 3. The van der Waals surface area contributed by atoms with Crippen LogP contribution in [0.2, 0.25) is 5.02 Å². The van der Waals surface area contributed by atoms with E-state index in [9.17, 15) is 4.79 Å². The number of carbonyl (C=O) groups excluding carboxylic acids is 1. The van der Waals surface area contributed by atoms with Gasteiger partial charge in [0.1, 0.15) is 17.8 Å². The second-order valence-electron chi connectivity index (χ2n) is 10.1. The summed E-state index contributed by atoms with van der Waals surface area (Å²) in [6.07, 6.45) is 4.99. The number of hydrogen-bond donors (Lipinski definition) is 1. The Morgan fingerprint density at radius 1 is 1.02 bits per heavy atom. The molecule has 0 bridgehead atoms. The van der Waals surface area contributed by atoms with E-state index in [2.05, 4.69) is 37.5 Å². The summed E-state index contributed by atoms with van der Waals surface area (Å²) in [5, 5.41) is 13.0. The molecule has 2 aliphatic heterocycles. The van der Waals surface area contributed by atoms with Gasteiger partial charge in [-0.3, -0.25) is 9.20 Å². The van der Waals surface area contributed by atoms with Crippen LogP contribution in [0, 0.1) is 0 Å². The van der Waals surface area contributed by atoms with Crippen molar-refractivity contribution >= 4 is 51.5 Å². The van der Waals surface area contributed by atoms with Crippen LogP contribution in [0.15, 0.2) is 55.0 Å². The quantitative estimate of drug-likeness (QED) is 0.314. The first kappa shape index (κ1) is 25.3. The molecule has 41 heavy (non-hydrogen) atoms. The van der Waals surface area contributed by atoms with Crippen molar-refractivity contribution in [2.24, 2.45) is 0 Å². The Bertz CT molecular complexity index is 1790. The van der Waals surface area contributed by atoms with Crippen molar-refractivity contribution in [2.45, 2.75) is 18.9 Å². The highest BCUT2D eigenvalue weighted by atomic mass is 35.5. The molecule has 3 aromatic heterocycles. The van der Waals surface area contributed by atoms with E-state index in [0.717, 1.165) is 48.4 Å². The predicted octanol–water partition coefficient (Wildman–Crippen LogP) is 4.56. The second-order valence-corrected chi connectivity index (χ2v) is 10.5. The summed E-state index contributed by atoms with van der Waals surface area (Å²) < 4.78 is 12.7. The Balaban J connectivity index is 1.17. The fraction of sp³-hybridized carbons (Fsp3) is 0.276. The lowest BCUT2D eigenvalue weighted by Crippen LogP contribution is -2.51. The van der Waals surface area contributed by atoms with E-state index in [1.54, 1.807) is 32.8 Å². The van der Waals surface area contributed by atoms with Gasteiger partial charge in [-0.2, -0.15) is 4.98 Å². The number of piperazine rings is 1. The van der Waals surface area contributed by atoms with Crippen molar-refractivity contribution in [3.63, 3.8) is 0 Å². The molecule has 11 nitrogen and oxygen atoms in total. The molecule has 1 amide bonds. The number of aromatic nitrogens is 5. The number of nitrogens with one attached hydrogen (secondary N) is 1. The number of benzene rings is 2. The van der Waals surface area contributed by atoms with E-state index < -0.39 is 0 Å². The van der Waals surface area contributed by atoms with Gasteiger partial charge in [-0.05, 0) is 42.8 Å². The van der Waals surface area contributed by atoms with Crippen molar-refractivity contribution in [2.75, 3.05) is 44.1 Å². The van der Waals surface area contributed by atoms with Crippen LogP contribution in [0.3, 0.4) is 0 Å². The molecule has 2 aliphatic rings. The lowest BCUT2D eigenvalue weighted by molar-refractivity contribution is -0.129. The minimum absolute atomic E-state index is 0.286. The zero-order valence-corrected chi connectivity index (χ0v) is 23.3. The number of fused-ring (bicyclic) bond motifs is 4. The van der Waals surface area contributed by atoms with Crippen molar-refractivity contribution in [3.8, 4) is 22.6 Å². The van der Waals surface area contributed by atoms with Gasteiger partial charge < -0.3 is 24.6 Å². The van der Waals surface area contributed by atoms with Gasteiger partial charge in [-0.15, -0.1) is 10.2 Å². The van der Waals surface area contributed by atoms with E-state index in [1.165, 1.54) is 0 Å². The first-order chi connectivity index (χ1) is 20.0. The smallest absolute Gasteiger partial charge is 0.229 e. The number of carbonyl (C=O) groups is 1. The van der Waals surface area contributed by atoms with Crippen LogP contribution in [0.25, 0.3) is 27.8 Å². The minimum Gasteiger partial charge on any atom is -0.497 e. The zero-order valence-electron chi connectivity index (χ0n) is 22.5. The molecule has 0 saturated carbocycles. The molecule has 5 heterocycles. The molecule has 1 N–H and O–H groups in total. The molecule has 2 saturated heterocycles. The average Bonchev–Trinajstić information content (AvgIpc) is 3.65. The molecule has 0 spiro atoms. The largest absolute Gasteiger partial charge is 0.497 e. The average molecular weight is 571 g/mol. The van der Waals surface area contributed by atoms with E-state index >= 15 is 0 Å². The molecule has 2 fully saturated rings. The van der Waals surface area contributed by atoms with Crippen LogP contribution in [-0.2, 0) is 4.79 Å². The Morgan fingerprint density at radius 2 is 1.88 bits per heavy atom. The number of rotatable bonds is 6. The Labute approximate surface area is 240 Å². The van der Waals surface area contributed by atoms with Gasteiger partial charge in [0, 0.05) is 72.2 Å². The maximum absolute atomic E-state index is 12.0. The molecule has 1 atom stereocenters. The maximum atomic E-state index is 12.0. The van der Waals surface area contributed by atoms with Gasteiger partial charge >= 0.3 is 0 Å². The Hall–Kier alpha value is -4.64. The third-order valence-electron chi connectivity index (χ3n) is 7.85. The Kier molecular flexibility index (Phi) is 6.23. The van der Waals surface area contributed by atoms with Gasteiger partial charge in [-0.1, -0.05) is 11.6 Å². The number of nitrogens with zero attached hydrogens (tertiary/aromatic N) is 7. The number of ether oxygens (including phenoxy) is 2. The molecule has 0 unspecified atom stereocenters. The van der Waals surface area contributed by atoms with Crippen LogP contribution >= 0.6 is 11.6 Å². The van der Waals surface area contributed by atoms with Crippen molar-refractivity contribution in [1.82, 2.24) is 29.5 Å². The fourth-order valence-corrected chi connectivity index (χ4v) is 6.04. The minimum atomic E-state index is 0.286. The molecule has 12 heteroatoms. The van der Waals surface area contributed by atoms with Gasteiger partial charge in [0.2, 0.25) is 11.9 Å². The lowest BCUT2D eigenvalue weighted by atomic mass is 10.0. The number of amides is 1. The standard InChI is InChI=1S/C29H27ClN8O3/c1-40-21-12-22(26(30)24(13-21)41-2)23-11-17-14-31-29(34-27(17)38-16-32-35-28(23)38)33-18-3-5-19(6-4-18)36-9-10-37-20(15-36)7-8-25(37)39/h3-6,11-14,16,20H,7-10,15H2,1-2H3,(H,31,33,34)/t20-/m1/s1. The molecule has 0 aliphatic carbocycles. The van der Waals surface area contributed by atoms with Crippen LogP contribution in [0.5, 0.6) is 11.5 Å². The van der Waals surface area contributed by atoms with Crippen LogP contribution in [-0.4, -0.2) is 75.3 Å². The zero-order chi connectivity index (χ0) is 28.1. The number of methoxy groups -OCH3 is 2. The molecular formula is C29H27ClN8O3. The van der Waals surface area contributed by atoms with E-state index in [-0.39, 0.29) is 5.91 Å². The molecule has 7 rings (SSSR count). The third-order valence-corrected chi connectivity index (χ3v) is 8.24. The molecular weight excluding hydrogens is 544 g/mol. The van der Waals surface area contributed by atoms with Gasteiger partial charge in [0.25, 0.3) is 0 Å². The SMILES string of the molecule is COc1cc(OC)c(Cl)c(-c2cc3cnc(Nc4ccc(N5CCN6C(=O)CC[C@@H]6C5)cc4)nc3n3cnnc23)c1. The summed E-state index contributed by atoms with van der Waals surface area (Å²) in [6.45, 7) is 2.50. The van der Waals surface area contributed by atoms with E-state index in [0.29, 0.717) is 51.8 Å². The Morgan fingerprint density at radius 3 is 2.68 bits per heavy atom. The topological polar surface area (TPSA) is 110 Å². The highest BCUT2D eigenvalue weighted by molar-refractivity contribution is 6.35. The summed E-state index contributed by atoms with van der Waals surface area (Å²) in [6, 6.07) is 14.0. The van der Waals surface area contributed by atoms with Crippen molar-refractivity contribution in [1.29, 1.82) is 0 Å². The molecule has 0 radical (unpaired) electrons. The number of hydrogen-bond acceptors (Lipinski definition) is 9.